The molecule has 1 aromatic heterocycles. The highest BCUT2D eigenvalue weighted by Crippen LogP contribution is 2.23. The summed E-state index contributed by atoms with van der Waals surface area (Å²) in [7, 11) is 0. The molecule has 0 spiro atoms. The molecule has 0 saturated heterocycles. The van der Waals surface area contributed by atoms with Crippen LogP contribution in [0.15, 0.2) is 18.2 Å². The second-order valence-corrected chi connectivity index (χ2v) is 4.48. The molecule has 0 atom stereocenters. The fraction of sp³-hybridized carbons (Fsp3) is 0.182. The number of benzene rings is 1. The minimum absolute atomic E-state index is 0.0939. The summed E-state index contributed by atoms with van der Waals surface area (Å²) in [4.78, 5) is 0. The van der Waals surface area contributed by atoms with Crippen LogP contribution in [-0.2, 0) is 6.54 Å². The Balaban J connectivity index is 2.31. The van der Waals surface area contributed by atoms with Crippen LogP contribution in [0.25, 0.3) is 0 Å². The summed E-state index contributed by atoms with van der Waals surface area (Å²) >= 11 is 11.5. The zero-order valence-corrected chi connectivity index (χ0v) is 10.6. The SMILES string of the molecule is Cc1nn(Cc2ccc(Cl)c(F)c2)c(N)c1Cl. The quantitative estimate of drug-likeness (QED) is 0.913. The molecule has 17 heavy (non-hydrogen) atoms. The first-order chi connectivity index (χ1) is 7.99. The van der Waals surface area contributed by atoms with Crippen molar-refractivity contribution in [3.8, 4) is 0 Å². The van der Waals surface area contributed by atoms with E-state index in [-0.39, 0.29) is 5.02 Å². The number of hydrogen-bond donors (Lipinski definition) is 1. The summed E-state index contributed by atoms with van der Waals surface area (Å²) < 4.78 is 14.8. The van der Waals surface area contributed by atoms with Crippen molar-refractivity contribution >= 4 is 29.0 Å². The number of anilines is 1. The molecule has 0 aliphatic rings. The molecule has 1 heterocycles. The minimum atomic E-state index is -0.460. The van der Waals surface area contributed by atoms with Crippen molar-refractivity contribution in [3.05, 3.63) is 45.3 Å². The highest BCUT2D eigenvalue weighted by molar-refractivity contribution is 6.33. The number of hydrogen-bond acceptors (Lipinski definition) is 2. The zero-order valence-electron chi connectivity index (χ0n) is 9.04. The molecular formula is C11H10Cl2FN3. The van der Waals surface area contributed by atoms with Gasteiger partial charge in [0.05, 0.1) is 17.3 Å². The van der Waals surface area contributed by atoms with Gasteiger partial charge in [0, 0.05) is 0 Å². The molecule has 2 rings (SSSR count). The van der Waals surface area contributed by atoms with Crippen molar-refractivity contribution in [1.82, 2.24) is 9.78 Å². The summed E-state index contributed by atoms with van der Waals surface area (Å²) in [5.41, 5.74) is 7.14. The molecule has 0 bridgehead atoms. The summed E-state index contributed by atoms with van der Waals surface area (Å²) in [5, 5.41) is 4.69. The smallest absolute Gasteiger partial charge is 0.142 e. The van der Waals surface area contributed by atoms with Gasteiger partial charge in [-0.1, -0.05) is 29.3 Å². The van der Waals surface area contributed by atoms with Gasteiger partial charge < -0.3 is 5.73 Å². The molecule has 3 nitrogen and oxygen atoms in total. The molecule has 6 heteroatoms. The van der Waals surface area contributed by atoms with Gasteiger partial charge in [-0.25, -0.2) is 9.07 Å². The maximum Gasteiger partial charge on any atom is 0.142 e. The number of rotatable bonds is 2. The van der Waals surface area contributed by atoms with E-state index in [1.807, 2.05) is 0 Å². The van der Waals surface area contributed by atoms with Crippen LogP contribution in [0.5, 0.6) is 0 Å². The Kier molecular flexibility index (Phi) is 3.26. The molecular weight excluding hydrogens is 264 g/mol. The van der Waals surface area contributed by atoms with E-state index in [4.69, 9.17) is 28.9 Å². The van der Waals surface area contributed by atoms with Crippen LogP contribution >= 0.6 is 23.2 Å². The van der Waals surface area contributed by atoms with Gasteiger partial charge in [-0.2, -0.15) is 5.10 Å². The Labute approximate surface area is 108 Å². The lowest BCUT2D eigenvalue weighted by molar-refractivity contribution is 0.620. The monoisotopic (exact) mass is 273 g/mol. The summed E-state index contributed by atoms with van der Waals surface area (Å²) in [5.74, 6) is -0.0859. The largest absolute Gasteiger partial charge is 0.383 e. The molecule has 1 aromatic carbocycles. The van der Waals surface area contributed by atoms with Crippen molar-refractivity contribution in [1.29, 1.82) is 0 Å². The normalized spacial score (nSPS) is 10.8. The van der Waals surface area contributed by atoms with Crippen molar-refractivity contribution < 1.29 is 4.39 Å². The van der Waals surface area contributed by atoms with Crippen LogP contribution in [0.1, 0.15) is 11.3 Å². The van der Waals surface area contributed by atoms with Gasteiger partial charge in [-0.05, 0) is 24.6 Å². The second-order valence-electron chi connectivity index (χ2n) is 3.69. The van der Waals surface area contributed by atoms with Gasteiger partial charge >= 0.3 is 0 Å². The molecule has 90 valence electrons. The Morgan fingerprint density at radius 1 is 1.41 bits per heavy atom. The molecule has 0 aliphatic heterocycles. The van der Waals surface area contributed by atoms with Crippen LogP contribution in [0.3, 0.4) is 0 Å². The van der Waals surface area contributed by atoms with Gasteiger partial charge in [0.15, 0.2) is 0 Å². The van der Waals surface area contributed by atoms with E-state index in [0.29, 0.717) is 23.1 Å². The van der Waals surface area contributed by atoms with Gasteiger partial charge in [-0.15, -0.1) is 0 Å². The highest BCUT2D eigenvalue weighted by Gasteiger charge is 2.10. The molecule has 0 saturated carbocycles. The zero-order chi connectivity index (χ0) is 12.6. The van der Waals surface area contributed by atoms with Gasteiger partial charge in [0.1, 0.15) is 16.7 Å². The summed E-state index contributed by atoms with van der Waals surface area (Å²) in [6.07, 6.45) is 0. The van der Waals surface area contributed by atoms with Crippen LogP contribution in [-0.4, -0.2) is 9.78 Å². The van der Waals surface area contributed by atoms with E-state index in [1.165, 1.54) is 16.8 Å². The highest BCUT2D eigenvalue weighted by atomic mass is 35.5. The Morgan fingerprint density at radius 2 is 2.12 bits per heavy atom. The summed E-state index contributed by atoms with van der Waals surface area (Å²) in [6.45, 7) is 2.12. The molecule has 0 unspecified atom stereocenters. The number of nitrogens with two attached hydrogens (primary N) is 1. The third-order valence-corrected chi connectivity index (χ3v) is 3.18. The molecule has 2 aromatic rings. The van der Waals surface area contributed by atoms with Crippen molar-refractivity contribution in [3.63, 3.8) is 0 Å². The molecule has 0 amide bonds. The Morgan fingerprint density at radius 3 is 2.65 bits per heavy atom. The van der Waals surface area contributed by atoms with E-state index in [0.717, 1.165) is 5.56 Å². The number of halogens is 3. The van der Waals surface area contributed by atoms with Crippen molar-refractivity contribution in [2.24, 2.45) is 0 Å². The second kappa shape index (κ2) is 4.55. The number of nitrogen functional groups attached to an aromatic ring is 1. The predicted molar refractivity (Wildman–Crippen MR) is 66.9 cm³/mol. The molecule has 0 aliphatic carbocycles. The molecule has 2 N–H and O–H groups in total. The van der Waals surface area contributed by atoms with E-state index in [1.54, 1.807) is 13.0 Å². The van der Waals surface area contributed by atoms with Crippen molar-refractivity contribution in [2.75, 3.05) is 5.73 Å². The Bertz CT molecular complexity index is 566. The lowest BCUT2D eigenvalue weighted by Crippen LogP contribution is -2.06. The molecule has 0 radical (unpaired) electrons. The van der Waals surface area contributed by atoms with E-state index >= 15 is 0 Å². The Hall–Kier alpha value is -1.26. The number of aromatic nitrogens is 2. The van der Waals surface area contributed by atoms with Crippen LogP contribution in [0, 0.1) is 12.7 Å². The first-order valence-electron chi connectivity index (χ1n) is 4.91. The topological polar surface area (TPSA) is 43.8 Å². The fourth-order valence-corrected chi connectivity index (χ4v) is 1.76. The van der Waals surface area contributed by atoms with E-state index in [2.05, 4.69) is 5.10 Å². The van der Waals surface area contributed by atoms with Crippen molar-refractivity contribution in [2.45, 2.75) is 13.5 Å². The average molecular weight is 274 g/mol. The first-order valence-corrected chi connectivity index (χ1v) is 5.67. The predicted octanol–water partition coefficient (Wildman–Crippen LogP) is 3.27. The van der Waals surface area contributed by atoms with Crippen LogP contribution < -0.4 is 5.73 Å². The lowest BCUT2D eigenvalue weighted by Gasteiger charge is -2.05. The third kappa shape index (κ3) is 2.37. The van der Waals surface area contributed by atoms with E-state index < -0.39 is 5.82 Å². The van der Waals surface area contributed by atoms with Crippen LogP contribution in [0.4, 0.5) is 10.2 Å². The average Bonchev–Trinajstić information content (AvgIpc) is 2.52. The van der Waals surface area contributed by atoms with Crippen LogP contribution in [0.2, 0.25) is 10.0 Å². The number of nitrogens with zero attached hydrogens (tertiary/aromatic N) is 2. The molecule has 0 fully saturated rings. The first kappa shape index (κ1) is 12.2. The maximum absolute atomic E-state index is 13.2. The lowest BCUT2D eigenvalue weighted by atomic mass is 10.2. The summed E-state index contributed by atoms with van der Waals surface area (Å²) in [6, 6.07) is 4.57. The third-order valence-electron chi connectivity index (χ3n) is 2.41. The van der Waals surface area contributed by atoms with Gasteiger partial charge in [0.25, 0.3) is 0 Å². The van der Waals surface area contributed by atoms with E-state index in [9.17, 15) is 4.39 Å². The van der Waals surface area contributed by atoms with Gasteiger partial charge in [0.2, 0.25) is 0 Å². The maximum atomic E-state index is 13.2. The van der Waals surface area contributed by atoms with Gasteiger partial charge in [-0.3, -0.25) is 0 Å². The fourth-order valence-electron chi connectivity index (χ4n) is 1.51. The number of aryl methyl sites for hydroxylation is 1. The standard InChI is InChI=1S/C11H10Cl2FN3/c1-6-10(13)11(15)17(16-6)5-7-2-3-8(12)9(14)4-7/h2-4H,5,15H2,1H3. The minimum Gasteiger partial charge on any atom is -0.383 e.